The summed E-state index contributed by atoms with van der Waals surface area (Å²) in [6.45, 7) is 7.96. The van der Waals surface area contributed by atoms with Crippen LogP contribution in [0, 0.1) is 16.7 Å². The zero-order chi connectivity index (χ0) is 20.8. The number of nitrogens with one attached hydrogen (secondary N) is 1. The van der Waals surface area contributed by atoms with E-state index in [4.69, 9.17) is 14.9 Å². The molecule has 0 aromatic heterocycles. The van der Waals surface area contributed by atoms with Gasteiger partial charge in [0.2, 0.25) is 0 Å². The first-order valence-corrected chi connectivity index (χ1v) is 10.1. The highest BCUT2D eigenvalue weighted by Crippen LogP contribution is 2.53. The Morgan fingerprint density at radius 2 is 1.89 bits per heavy atom. The monoisotopic (exact) mass is 387 g/mol. The molecule has 0 bridgehead atoms. The quantitative estimate of drug-likeness (QED) is 0.266. The molecule has 5 nitrogen and oxygen atoms in total. The molecule has 5 heteroatoms. The van der Waals surface area contributed by atoms with Crippen molar-refractivity contribution in [2.45, 2.75) is 71.8 Å². The Morgan fingerprint density at radius 1 is 1.25 bits per heavy atom. The second-order valence-electron chi connectivity index (χ2n) is 8.87. The minimum Gasteiger partial charge on any atom is -0.481 e. The molecular formula is C23H33NO4. The first kappa shape index (κ1) is 22.1. The zero-order valence-electron chi connectivity index (χ0n) is 17.5. The van der Waals surface area contributed by atoms with E-state index < -0.39 is 5.60 Å². The maximum Gasteiger partial charge on any atom is 0.338 e. The summed E-state index contributed by atoms with van der Waals surface area (Å²) in [4.78, 5) is 23.7. The molecule has 1 aliphatic rings. The van der Waals surface area contributed by atoms with E-state index in [1.807, 2.05) is 39.8 Å². The van der Waals surface area contributed by atoms with E-state index in [-0.39, 0.29) is 17.3 Å². The van der Waals surface area contributed by atoms with E-state index in [1.54, 1.807) is 12.1 Å². The minimum absolute atomic E-state index is 0.0499. The SMILES string of the molecule is CCOC(=N)CC1(CCC(C=O)Cc2ccc(C(=O)OC(C)(C)C)cc2)CC1. The largest absolute Gasteiger partial charge is 0.481 e. The molecule has 1 saturated carbocycles. The molecular weight excluding hydrogens is 354 g/mol. The second kappa shape index (κ2) is 9.35. The van der Waals surface area contributed by atoms with E-state index in [2.05, 4.69) is 0 Å². The molecule has 0 radical (unpaired) electrons. The summed E-state index contributed by atoms with van der Waals surface area (Å²) in [6, 6.07) is 7.31. The van der Waals surface area contributed by atoms with Gasteiger partial charge in [0.25, 0.3) is 0 Å². The van der Waals surface area contributed by atoms with Crippen LogP contribution in [0.3, 0.4) is 0 Å². The zero-order valence-corrected chi connectivity index (χ0v) is 17.5. The standard InChI is InChI=1S/C23H33NO4/c1-5-27-20(24)15-23(12-13-23)11-10-18(16-25)14-17-6-8-19(9-7-17)21(26)28-22(2,3)4/h6-9,16,18,24H,5,10-15H2,1-4H3. The van der Waals surface area contributed by atoms with Gasteiger partial charge in [-0.15, -0.1) is 0 Å². The van der Waals surface area contributed by atoms with Crippen molar-refractivity contribution < 1.29 is 19.1 Å². The van der Waals surface area contributed by atoms with Gasteiger partial charge in [0, 0.05) is 12.3 Å². The van der Waals surface area contributed by atoms with Crippen LogP contribution in [0.4, 0.5) is 0 Å². The van der Waals surface area contributed by atoms with E-state index in [9.17, 15) is 9.59 Å². The number of aldehydes is 1. The van der Waals surface area contributed by atoms with Crippen molar-refractivity contribution in [3.05, 3.63) is 35.4 Å². The molecule has 1 unspecified atom stereocenters. The average Bonchev–Trinajstić information content (AvgIpc) is 3.37. The Morgan fingerprint density at radius 3 is 2.39 bits per heavy atom. The normalized spacial score (nSPS) is 16.1. The van der Waals surface area contributed by atoms with Gasteiger partial charge in [-0.3, -0.25) is 5.41 Å². The van der Waals surface area contributed by atoms with Crippen LogP contribution in [0.1, 0.15) is 75.7 Å². The highest BCUT2D eigenvalue weighted by molar-refractivity contribution is 5.89. The van der Waals surface area contributed by atoms with Crippen LogP contribution in [0.2, 0.25) is 0 Å². The molecule has 0 saturated heterocycles. The lowest BCUT2D eigenvalue weighted by Crippen LogP contribution is -2.23. The van der Waals surface area contributed by atoms with E-state index >= 15 is 0 Å². The van der Waals surface area contributed by atoms with Crippen LogP contribution in [-0.4, -0.2) is 30.4 Å². The Balaban J connectivity index is 1.86. The number of hydrogen-bond acceptors (Lipinski definition) is 5. The van der Waals surface area contributed by atoms with Crippen molar-refractivity contribution in [3.63, 3.8) is 0 Å². The molecule has 0 spiro atoms. The molecule has 0 amide bonds. The minimum atomic E-state index is -0.518. The van der Waals surface area contributed by atoms with Gasteiger partial charge in [-0.05, 0) is 82.9 Å². The topological polar surface area (TPSA) is 76.5 Å². The maximum atomic E-state index is 12.1. The third kappa shape index (κ3) is 7.10. The van der Waals surface area contributed by atoms with Crippen molar-refractivity contribution in [1.29, 1.82) is 5.41 Å². The van der Waals surface area contributed by atoms with Crippen LogP contribution < -0.4 is 0 Å². The maximum absolute atomic E-state index is 12.1. The molecule has 2 rings (SSSR count). The Kier molecular flexibility index (Phi) is 7.39. The van der Waals surface area contributed by atoms with Crippen LogP contribution in [0.5, 0.6) is 0 Å². The molecule has 28 heavy (non-hydrogen) atoms. The summed E-state index contributed by atoms with van der Waals surface area (Å²) in [5.41, 5.74) is 1.20. The van der Waals surface area contributed by atoms with Gasteiger partial charge < -0.3 is 14.3 Å². The fourth-order valence-electron chi connectivity index (χ4n) is 3.38. The molecule has 0 aliphatic heterocycles. The van der Waals surface area contributed by atoms with Gasteiger partial charge in [-0.2, -0.15) is 0 Å². The molecule has 1 fully saturated rings. The molecule has 0 heterocycles. The van der Waals surface area contributed by atoms with Crippen molar-refractivity contribution in [1.82, 2.24) is 0 Å². The van der Waals surface area contributed by atoms with Gasteiger partial charge >= 0.3 is 5.97 Å². The lowest BCUT2D eigenvalue weighted by molar-refractivity contribution is -0.111. The smallest absolute Gasteiger partial charge is 0.338 e. The van der Waals surface area contributed by atoms with Crippen LogP contribution >= 0.6 is 0 Å². The number of ether oxygens (including phenoxy) is 2. The van der Waals surface area contributed by atoms with E-state index in [0.29, 0.717) is 30.9 Å². The second-order valence-corrected chi connectivity index (χ2v) is 8.87. The Labute approximate surface area is 168 Å². The molecule has 1 N–H and O–H groups in total. The van der Waals surface area contributed by atoms with Crippen LogP contribution in [-0.2, 0) is 20.7 Å². The summed E-state index contributed by atoms with van der Waals surface area (Å²) in [5.74, 6) is -0.0232. The number of carbonyl (C=O) groups is 2. The highest BCUT2D eigenvalue weighted by Gasteiger charge is 2.43. The molecule has 154 valence electrons. The van der Waals surface area contributed by atoms with Gasteiger partial charge in [-0.1, -0.05) is 12.1 Å². The third-order valence-corrected chi connectivity index (χ3v) is 5.14. The number of rotatable bonds is 10. The fraction of sp³-hybridized carbons (Fsp3) is 0.609. The summed E-state index contributed by atoms with van der Waals surface area (Å²) in [7, 11) is 0. The fourth-order valence-corrected chi connectivity index (χ4v) is 3.38. The van der Waals surface area contributed by atoms with Gasteiger partial charge in [0.05, 0.1) is 12.2 Å². The van der Waals surface area contributed by atoms with Crippen molar-refractivity contribution in [2.75, 3.05) is 6.61 Å². The predicted octanol–water partition coefficient (Wildman–Crippen LogP) is 4.96. The van der Waals surface area contributed by atoms with Gasteiger partial charge in [0.15, 0.2) is 5.90 Å². The van der Waals surface area contributed by atoms with Crippen LogP contribution in [0.25, 0.3) is 0 Å². The first-order chi connectivity index (χ1) is 13.2. The van der Waals surface area contributed by atoms with Crippen molar-refractivity contribution in [2.24, 2.45) is 11.3 Å². The molecule has 1 aromatic rings. The summed E-state index contributed by atoms with van der Waals surface area (Å²) in [5, 5.41) is 7.87. The number of hydrogen-bond donors (Lipinski definition) is 1. The van der Waals surface area contributed by atoms with Gasteiger partial charge in [0.1, 0.15) is 11.9 Å². The summed E-state index contributed by atoms with van der Waals surface area (Å²) in [6.07, 6.45) is 6.36. The Bertz CT molecular complexity index is 684. The first-order valence-electron chi connectivity index (χ1n) is 10.1. The van der Waals surface area contributed by atoms with E-state index in [0.717, 1.165) is 37.5 Å². The molecule has 1 atom stereocenters. The van der Waals surface area contributed by atoms with Crippen molar-refractivity contribution in [3.8, 4) is 0 Å². The Hall–Kier alpha value is -2.17. The number of carbonyl (C=O) groups excluding carboxylic acids is 2. The van der Waals surface area contributed by atoms with Crippen molar-refractivity contribution >= 4 is 18.2 Å². The third-order valence-electron chi connectivity index (χ3n) is 5.14. The lowest BCUT2D eigenvalue weighted by Gasteiger charge is -2.20. The average molecular weight is 388 g/mol. The van der Waals surface area contributed by atoms with Gasteiger partial charge in [-0.25, -0.2) is 4.79 Å². The highest BCUT2D eigenvalue weighted by atomic mass is 16.6. The van der Waals surface area contributed by atoms with E-state index in [1.165, 1.54) is 0 Å². The summed E-state index contributed by atoms with van der Waals surface area (Å²) >= 11 is 0. The molecule has 1 aliphatic carbocycles. The number of esters is 1. The lowest BCUT2D eigenvalue weighted by atomic mass is 9.88. The molecule has 1 aromatic carbocycles. The predicted molar refractivity (Wildman–Crippen MR) is 110 cm³/mol. The summed E-state index contributed by atoms with van der Waals surface area (Å²) < 4.78 is 10.7. The van der Waals surface area contributed by atoms with Crippen LogP contribution in [0.15, 0.2) is 24.3 Å². The number of benzene rings is 1.